The minimum absolute atomic E-state index is 0. The monoisotopic (exact) mass is 123 g/mol. The SMILES string of the molecule is N.O=[NH+][O-].[Co]. The topological polar surface area (TPSA) is 89.1 Å². The molecule has 0 saturated carbocycles. The molecule has 0 aliphatic rings. The summed E-state index contributed by atoms with van der Waals surface area (Å²) in [5.74, 6) is 0. The second kappa shape index (κ2) is 42.3. The van der Waals surface area contributed by atoms with Crippen molar-refractivity contribution in [3.63, 3.8) is 0 Å². The van der Waals surface area contributed by atoms with Gasteiger partial charge < -0.3 is 6.15 Å². The summed E-state index contributed by atoms with van der Waals surface area (Å²) >= 11 is 0. The molecule has 0 aromatic carbocycles. The molecule has 0 rings (SSSR count). The first-order chi connectivity index (χ1) is 1.41. The van der Waals surface area contributed by atoms with Gasteiger partial charge in [0.25, 0.3) is 0 Å². The predicted octanol–water partition coefficient (Wildman–Crippen LogP) is -1.51. The molecule has 5 heteroatoms. The van der Waals surface area contributed by atoms with E-state index in [1.807, 2.05) is 0 Å². The van der Waals surface area contributed by atoms with Crippen molar-refractivity contribution in [2.75, 3.05) is 0 Å². The fourth-order valence-electron chi connectivity index (χ4n) is 0. The van der Waals surface area contributed by atoms with E-state index in [0.29, 0.717) is 0 Å². The summed E-state index contributed by atoms with van der Waals surface area (Å²) in [4.78, 5) is 8.12. The molecule has 0 aromatic rings. The number of hydrogen-bond donors (Lipinski definition) is 2. The molecule has 0 aliphatic heterocycles. The van der Waals surface area contributed by atoms with E-state index >= 15 is 0 Å². The second-order valence-corrected chi connectivity index (χ2v) is 0.0833. The second-order valence-electron chi connectivity index (χ2n) is 0.0833. The van der Waals surface area contributed by atoms with Crippen molar-refractivity contribution in [2.45, 2.75) is 0 Å². The molecule has 0 unspecified atom stereocenters. The maximum Gasteiger partial charge on any atom is 0.00366 e. The molecule has 5 heavy (non-hydrogen) atoms. The van der Waals surface area contributed by atoms with E-state index in [-0.39, 0.29) is 28.3 Å². The fraction of sp³-hybridized carbons (Fsp3) is 0. The largest absolute Gasteiger partial charge is 0.344 e. The summed E-state index contributed by atoms with van der Waals surface area (Å²) in [5, 5.41) is 8.38. The van der Waals surface area contributed by atoms with Gasteiger partial charge in [0.05, 0.1) is 0 Å². The smallest absolute Gasteiger partial charge is 0.00366 e. The van der Waals surface area contributed by atoms with Crippen molar-refractivity contribution >= 4 is 0 Å². The molecule has 0 amide bonds. The van der Waals surface area contributed by atoms with Crippen LogP contribution in [-0.4, -0.2) is 0 Å². The van der Waals surface area contributed by atoms with Gasteiger partial charge in [0.1, 0.15) is 0 Å². The van der Waals surface area contributed by atoms with Crippen LogP contribution in [0.2, 0.25) is 0 Å². The number of nitrogens with one attached hydrogen (secondary N) is 1. The first-order valence-electron chi connectivity index (χ1n) is 0.408. The first kappa shape index (κ1) is 20.9. The summed E-state index contributed by atoms with van der Waals surface area (Å²) in [5.41, 5.74) is 0. The fourth-order valence-corrected chi connectivity index (χ4v) is 0. The van der Waals surface area contributed by atoms with Crippen LogP contribution < -0.4 is 11.5 Å². The summed E-state index contributed by atoms with van der Waals surface area (Å²) < 4.78 is 0. The Kier molecular flexibility index (Phi) is 177. The van der Waals surface area contributed by atoms with Crippen LogP contribution in [0.3, 0.4) is 0 Å². The van der Waals surface area contributed by atoms with E-state index in [0.717, 1.165) is 0 Å². The van der Waals surface area contributed by atoms with Crippen LogP contribution in [0, 0.1) is 10.1 Å². The minimum atomic E-state index is 0. The average Bonchev–Trinajstić information content (AvgIpc) is 0.918. The molecule has 0 aliphatic carbocycles. The average molecular weight is 123 g/mol. The van der Waals surface area contributed by atoms with E-state index in [9.17, 15) is 0 Å². The Hall–Kier alpha value is -0.134. The van der Waals surface area contributed by atoms with Crippen LogP contribution in [0.1, 0.15) is 0 Å². The van der Waals surface area contributed by atoms with Gasteiger partial charge in [0.15, 0.2) is 0 Å². The van der Waals surface area contributed by atoms with Crippen LogP contribution in [0.5, 0.6) is 0 Å². The molecule has 4 N–H and O–H groups in total. The zero-order valence-electron chi connectivity index (χ0n) is 2.36. The van der Waals surface area contributed by atoms with Crippen LogP contribution in [0.4, 0.5) is 0 Å². The molecule has 4 nitrogen and oxygen atoms in total. The van der Waals surface area contributed by atoms with Crippen molar-refractivity contribution in [3.05, 3.63) is 10.1 Å². The van der Waals surface area contributed by atoms with Crippen molar-refractivity contribution in [1.82, 2.24) is 6.15 Å². The van der Waals surface area contributed by atoms with E-state index < -0.39 is 0 Å². The van der Waals surface area contributed by atoms with Crippen LogP contribution >= 0.6 is 0 Å². The molecule has 0 saturated heterocycles. The molecule has 1 radical (unpaired) electrons. The van der Waals surface area contributed by atoms with Gasteiger partial charge in [-0.3, -0.25) is 10.1 Å². The maximum absolute atomic E-state index is 8.12. The van der Waals surface area contributed by atoms with Gasteiger partial charge in [-0.05, 0) is 0 Å². The van der Waals surface area contributed by atoms with Gasteiger partial charge in [0.2, 0.25) is 0 Å². The molecular weight excluding hydrogens is 119 g/mol. The Balaban J connectivity index is -0.0000000200. The molecule has 0 fully saturated rings. The predicted molar refractivity (Wildman–Crippen MR) is 12.7 cm³/mol. The molecule has 0 spiro atoms. The van der Waals surface area contributed by atoms with Gasteiger partial charge in [-0.25, -0.2) is 0 Å². The molecule has 0 bridgehead atoms. The zero-order chi connectivity index (χ0) is 2.71. The molecule has 35 valence electrons. The van der Waals surface area contributed by atoms with Crippen molar-refractivity contribution in [2.24, 2.45) is 0 Å². The summed E-state index contributed by atoms with van der Waals surface area (Å²) in [6, 6.07) is 0. The summed E-state index contributed by atoms with van der Waals surface area (Å²) in [6.45, 7) is 0. The van der Waals surface area contributed by atoms with Crippen LogP contribution in [-0.2, 0) is 16.8 Å². The van der Waals surface area contributed by atoms with E-state index in [1.165, 1.54) is 0 Å². The third-order valence-corrected chi connectivity index (χ3v) is 0. The minimum Gasteiger partial charge on any atom is -0.344 e. The van der Waals surface area contributed by atoms with Crippen LogP contribution in [0.15, 0.2) is 0 Å². The Bertz CT molecular complexity index is 15.1. The van der Waals surface area contributed by atoms with E-state index in [4.69, 9.17) is 10.1 Å². The van der Waals surface area contributed by atoms with E-state index in [2.05, 4.69) is 0 Å². The van der Waals surface area contributed by atoms with Gasteiger partial charge in [-0.1, -0.05) is 0 Å². The molecule has 0 atom stereocenters. The Morgan fingerprint density at radius 1 is 1.60 bits per heavy atom. The van der Waals surface area contributed by atoms with Gasteiger partial charge in [-0.15, -0.1) is 0 Å². The van der Waals surface area contributed by atoms with Gasteiger partial charge >= 0.3 is 0 Å². The normalized spacial score (nSPS) is 2.40. The third kappa shape index (κ3) is 756. The Labute approximate surface area is 39.3 Å². The van der Waals surface area contributed by atoms with Crippen molar-refractivity contribution < 1.29 is 22.1 Å². The summed E-state index contributed by atoms with van der Waals surface area (Å²) in [6.07, 6.45) is 0. The molecule has 0 heterocycles. The Morgan fingerprint density at radius 2 is 1.60 bits per heavy atom. The van der Waals surface area contributed by atoms with Gasteiger partial charge in [-0.2, -0.15) is 0 Å². The van der Waals surface area contributed by atoms with Crippen molar-refractivity contribution in [3.8, 4) is 0 Å². The maximum atomic E-state index is 8.12. The van der Waals surface area contributed by atoms with Crippen molar-refractivity contribution in [1.29, 1.82) is 0 Å². The summed E-state index contributed by atoms with van der Waals surface area (Å²) in [7, 11) is 0. The molecular formula is H4CoN2O2. The zero-order valence-corrected chi connectivity index (χ0v) is 3.40. The number of hydrogen-bond acceptors (Lipinski definition) is 3. The number of rotatable bonds is 0. The van der Waals surface area contributed by atoms with Crippen LogP contribution in [0.25, 0.3) is 0 Å². The van der Waals surface area contributed by atoms with E-state index in [1.54, 1.807) is 0 Å². The Morgan fingerprint density at radius 3 is 1.60 bits per heavy atom. The van der Waals surface area contributed by atoms with Gasteiger partial charge in [0, 0.05) is 22.1 Å². The standard InChI is InChI=1S/Co.HNO2.H3N/c;2-1-3;/h;1H;1H3. The third-order valence-electron chi connectivity index (χ3n) is 0. The quantitative estimate of drug-likeness (QED) is 0.303. The first-order valence-corrected chi connectivity index (χ1v) is 0.408. The molecule has 0 aromatic heterocycles.